The monoisotopic (exact) mass is 181 g/mol. The molecular formula is C9H9O4-. The molecule has 0 heterocycles. The van der Waals surface area contributed by atoms with Gasteiger partial charge in [-0.25, -0.2) is 4.79 Å². The van der Waals surface area contributed by atoms with Gasteiger partial charge in [-0.05, 0) is 19.1 Å². The van der Waals surface area contributed by atoms with Crippen molar-refractivity contribution in [2.24, 2.45) is 0 Å². The van der Waals surface area contributed by atoms with E-state index >= 15 is 0 Å². The Hall–Kier alpha value is -1.71. The van der Waals surface area contributed by atoms with E-state index in [-0.39, 0.29) is 11.3 Å². The Labute approximate surface area is 75.4 Å². The number of para-hydroxylation sites is 1. The molecule has 0 unspecified atom stereocenters. The third-order valence-corrected chi connectivity index (χ3v) is 1.51. The number of carbonyl (C=O) groups is 1. The van der Waals surface area contributed by atoms with E-state index in [0.717, 1.165) is 0 Å². The topological polar surface area (TPSA) is 69.6 Å². The number of carboxylic acid groups (broad SMARTS) is 1. The highest BCUT2D eigenvalue weighted by Crippen LogP contribution is 2.26. The van der Waals surface area contributed by atoms with Gasteiger partial charge in [-0.3, -0.25) is 0 Å². The van der Waals surface area contributed by atoms with E-state index in [1.54, 1.807) is 6.92 Å². The molecule has 0 aromatic heterocycles. The minimum Gasteiger partial charge on any atom is -0.869 e. The van der Waals surface area contributed by atoms with Crippen LogP contribution in [0.3, 0.4) is 0 Å². The molecule has 0 aliphatic rings. The second-order valence-corrected chi connectivity index (χ2v) is 2.37. The van der Waals surface area contributed by atoms with Crippen molar-refractivity contribution < 1.29 is 19.7 Å². The van der Waals surface area contributed by atoms with E-state index in [1.807, 2.05) is 0 Å². The SMILES string of the molecule is CCOc1cccc(C(=O)O)c1[O-]. The van der Waals surface area contributed by atoms with Crippen LogP contribution in [0.1, 0.15) is 17.3 Å². The molecule has 0 bridgehead atoms. The highest BCUT2D eigenvalue weighted by molar-refractivity contribution is 5.91. The first-order valence-electron chi connectivity index (χ1n) is 3.83. The summed E-state index contributed by atoms with van der Waals surface area (Å²) in [6.45, 7) is 2.07. The Morgan fingerprint density at radius 2 is 2.31 bits per heavy atom. The first-order chi connectivity index (χ1) is 6.16. The van der Waals surface area contributed by atoms with Crippen LogP contribution in [0, 0.1) is 0 Å². The van der Waals surface area contributed by atoms with Crippen molar-refractivity contribution >= 4 is 5.97 Å². The summed E-state index contributed by atoms with van der Waals surface area (Å²) in [7, 11) is 0. The van der Waals surface area contributed by atoms with Crippen LogP contribution in [-0.2, 0) is 0 Å². The molecule has 0 saturated heterocycles. The lowest BCUT2D eigenvalue weighted by Crippen LogP contribution is -2.06. The number of ether oxygens (including phenoxy) is 1. The van der Waals surface area contributed by atoms with Crippen LogP contribution < -0.4 is 9.84 Å². The maximum atomic E-state index is 11.3. The van der Waals surface area contributed by atoms with E-state index in [4.69, 9.17) is 9.84 Å². The van der Waals surface area contributed by atoms with Crippen LogP contribution in [0.25, 0.3) is 0 Å². The Kier molecular flexibility index (Phi) is 2.74. The predicted octanol–water partition coefficient (Wildman–Crippen LogP) is 0.857. The Balaban J connectivity index is 3.10. The lowest BCUT2D eigenvalue weighted by molar-refractivity contribution is -0.270. The Bertz CT molecular complexity index is 319. The third kappa shape index (κ3) is 1.90. The Morgan fingerprint density at radius 3 is 2.85 bits per heavy atom. The summed E-state index contributed by atoms with van der Waals surface area (Å²) in [6, 6.07) is 4.20. The Morgan fingerprint density at radius 1 is 1.62 bits per heavy atom. The van der Waals surface area contributed by atoms with Crippen LogP contribution in [0.4, 0.5) is 0 Å². The van der Waals surface area contributed by atoms with Crippen molar-refractivity contribution in [2.45, 2.75) is 6.92 Å². The van der Waals surface area contributed by atoms with E-state index in [0.29, 0.717) is 6.61 Å². The van der Waals surface area contributed by atoms with Crippen molar-refractivity contribution in [3.63, 3.8) is 0 Å². The molecule has 0 saturated carbocycles. The summed E-state index contributed by atoms with van der Waals surface area (Å²) in [5.74, 6) is -1.72. The van der Waals surface area contributed by atoms with E-state index in [1.165, 1.54) is 18.2 Å². The largest absolute Gasteiger partial charge is 0.869 e. The van der Waals surface area contributed by atoms with E-state index < -0.39 is 11.7 Å². The summed E-state index contributed by atoms with van der Waals surface area (Å²) >= 11 is 0. The summed E-state index contributed by atoms with van der Waals surface area (Å²) < 4.78 is 4.95. The van der Waals surface area contributed by atoms with Gasteiger partial charge in [-0.1, -0.05) is 11.8 Å². The second-order valence-electron chi connectivity index (χ2n) is 2.37. The first kappa shape index (κ1) is 9.38. The quantitative estimate of drug-likeness (QED) is 0.750. The van der Waals surface area contributed by atoms with E-state index in [2.05, 4.69) is 0 Å². The van der Waals surface area contributed by atoms with Gasteiger partial charge in [0.25, 0.3) is 0 Å². The van der Waals surface area contributed by atoms with Gasteiger partial charge in [0.1, 0.15) is 5.75 Å². The fraction of sp³-hybridized carbons (Fsp3) is 0.222. The lowest BCUT2D eigenvalue weighted by atomic mass is 10.2. The molecule has 0 atom stereocenters. The molecule has 4 heteroatoms. The standard InChI is InChI=1S/C9H10O4/c1-2-13-7-5-3-4-6(8(7)10)9(11)12/h3-5,10H,2H2,1H3,(H,11,12)/p-1. The molecule has 4 nitrogen and oxygen atoms in total. The lowest BCUT2D eigenvalue weighted by Gasteiger charge is -2.15. The maximum Gasteiger partial charge on any atom is 0.335 e. The summed E-state index contributed by atoms with van der Waals surface area (Å²) in [6.07, 6.45) is 0. The van der Waals surface area contributed by atoms with Gasteiger partial charge in [0.15, 0.2) is 0 Å². The van der Waals surface area contributed by atoms with Crippen molar-refractivity contribution in [1.29, 1.82) is 0 Å². The predicted molar refractivity (Wildman–Crippen MR) is 44.0 cm³/mol. The van der Waals surface area contributed by atoms with Crippen LogP contribution in [-0.4, -0.2) is 17.7 Å². The van der Waals surface area contributed by atoms with Crippen LogP contribution >= 0.6 is 0 Å². The molecule has 1 N–H and O–H groups in total. The van der Waals surface area contributed by atoms with Crippen molar-refractivity contribution in [1.82, 2.24) is 0 Å². The fourth-order valence-electron chi connectivity index (χ4n) is 0.953. The first-order valence-corrected chi connectivity index (χ1v) is 3.83. The van der Waals surface area contributed by atoms with Gasteiger partial charge in [0, 0.05) is 0 Å². The highest BCUT2D eigenvalue weighted by atomic mass is 16.5. The average Bonchev–Trinajstić information content (AvgIpc) is 2.08. The molecule has 1 rings (SSSR count). The molecule has 0 radical (unpaired) electrons. The van der Waals surface area contributed by atoms with Gasteiger partial charge in [0.2, 0.25) is 0 Å². The molecule has 0 spiro atoms. The highest BCUT2D eigenvalue weighted by Gasteiger charge is 2.06. The van der Waals surface area contributed by atoms with E-state index in [9.17, 15) is 9.90 Å². The number of rotatable bonds is 3. The van der Waals surface area contributed by atoms with Crippen LogP contribution in [0.2, 0.25) is 0 Å². The van der Waals surface area contributed by atoms with Gasteiger partial charge in [-0.15, -0.1) is 0 Å². The fourth-order valence-corrected chi connectivity index (χ4v) is 0.953. The minimum atomic E-state index is -1.23. The summed E-state index contributed by atoms with van der Waals surface area (Å²) in [5, 5.41) is 19.9. The number of hydrogen-bond acceptors (Lipinski definition) is 3. The van der Waals surface area contributed by atoms with Crippen molar-refractivity contribution in [2.75, 3.05) is 6.61 Å². The molecule has 13 heavy (non-hydrogen) atoms. The molecule has 1 aromatic carbocycles. The van der Waals surface area contributed by atoms with Gasteiger partial charge in [0.05, 0.1) is 12.2 Å². The average molecular weight is 181 g/mol. The number of aromatic carboxylic acids is 1. The van der Waals surface area contributed by atoms with Gasteiger partial charge >= 0.3 is 5.97 Å². The van der Waals surface area contributed by atoms with Crippen molar-refractivity contribution in [3.8, 4) is 11.5 Å². The number of carboxylic acids is 1. The second kappa shape index (κ2) is 3.80. The zero-order chi connectivity index (χ0) is 9.84. The smallest absolute Gasteiger partial charge is 0.335 e. The molecule has 0 aliphatic carbocycles. The molecule has 1 aromatic rings. The zero-order valence-corrected chi connectivity index (χ0v) is 7.11. The van der Waals surface area contributed by atoms with Crippen LogP contribution in [0.15, 0.2) is 18.2 Å². The van der Waals surface area contributed by atoms with Crippen molar-refractivity contribution in [3.05, 3.63) is 23.8 Å². The molecule has 0 amide bonds. The summed E-state index contributed by atoms with van der Waals surface area (Å²) in [5.41, 5.74) is -0.258. The normalized spacial score (nSPS) is 9.62. The van der Waals surface area contributed by atoms with Gasteiger partial charge < -0.3 is 14.9 Å². The van der Waals surface area contributed by atoms with Gasteiger partial charge in [-0.2, -0.15) is 0 Å². The molecule has 0 fully saturated rings. The number of hydrogen-bond donors (Lipinski definition) is 1. The maximum absolute atomic E-state index is 11.3. The zero-order valence-electron chi connectivity index (χ0n) is 7.11. The molecule has 70 valence electrons. The van der Waals surface area contributed by atoms with Crippen LogP contribution in [0.5, 0.6) is 11.5 Å². The number of benzene rings is 1. The molecular weight excluding hydrogens is 172 g/mol. The summed E-state index contributed by atoms with van der Waals surface area (Å²) in [4.78, 5) is 10.5. The molecule has 0 aliphatic heterocycles. The minimum absolute atomic E-state index is 0.0856. The third-order valence-electron chi connectivity index (χ3n) is 1.51.